The third-order valence-corrected chi connectivity index (χ3v) is 5.14. The Labute approximate surface area is 168 Å². The third-order valence-electron chi connectivity index (χ3n) is 5.14. The van der Waals surface area contributed by atoms with Crippen LogP contribution in [0, 0.1) is 11.6 Å². The molecule has 8 heteroatoms. The lowest BCUT2D eigenvalue weighted by molar-refractivity contribution is -0.115. The molecule has 2 aromatic heterocycles. The molecule has 30 heavy (non-hydrogen) atoms. The minimum Gasteiger partial charge on any atom is -0.326 e. The number of fused-ring (bicyclic) bond motifs is 2. The van der Waals surface area contributed by atoms with Crippen molar-refractivity contribution in [2.45, 2.75) is 13.0 Å². The van der Waals surface area contributed by atoms with Crippen LogP contribution < -0.4 is 10.9 Å². The van der Waals surface area contributed by atoms with Crippen molar-refractivity contribution in [3.8, 4) is 11.1 Å². The standard InChI is InChI=1S/C22H14F2N4O2/c23-16-7-13(12-3-4-18-14(6-12)9-20(29)27-18)8-17(24)15(16)11-28-19-2-1-5-25-22(19)26-10-21(28)30/h1-8,10H,9,11H2,(H,27,29). The number of benzene rings is 2. The second-order valence-corrected chi connectivity index (χ2v) is 7.04. The molecule has 1 aliphatic rings. The average molecular weight is 404 g/mol. The first-order chi connectivity index (χ1) is 14.5. The van der Waals surface area contributed by atoms with Crippen LogP contribution in [0.1, 0.15) is 11.1 Å². The summed E-state index contributed by atoms with van der Waals surface area (Å²) in [5.41, 5.74) is 2.45. The molecule has 0 aliphatic carbocycles. The van der Waals surface area contributed by atoms with Crippen LogP contribution in [0.3, 0.4) is 0 Å². The van der Waals surface area contributed by atoms with Gasteiger partial charge in [-0.05, 0) is 53.1 Å². The summed E-state index contributed by atoms with van der Waals surface area (Å²) in [7, 11) is 0. The molecular weight excluding hydrogens is 390 g/mol. The average Bonchev–Trinajstić information content (AvgIpc) is 3.11. The SMILES string of the molecule is O=C1Cc2cc(-c3cc(F)c(Cn4c(=O)cnc5ncccc54)c(F)c3)ccc2N1. The number of hydrogen-bond acceptors (Lipinski definition) is 4. The number of rotatable bonds is 3. The highest BCUT2D eigenvalue weighted by atomic mass is 19.1. The summed E-state index contributed by atoms with van der Waals surface area (Å²) in [6, 6.07) is 10.9. The molecule has 0 unspecified atom stereocenters. The Bertz CT molecular complexity index is 1370. The zero-order chi connectivity index (χ0) is 20.8. The number of hydrogen-bond donors (Lipinski definition) is 1. The normalized spacial score (nSPS) is 12.8. The Hall–Kier alpha value is -3.94. The van der Waals surface area contributed by atoms with Gasteiger partial charge in [-0.3, -0.25) is 14.2 Å². The van der Waals surface area contributed by atoms with Gasteiger partial charge in [-0.15, -0.1) is 0 Å². The monoisotopic (exact) mass is 404 g/mol. The maximum absolute atomic E-state index is 14.9. The van der Waals surface area contributed by atoms with Gasteiger partial charge in [0.2, 0.25) is 5.91 Å². The number of anilines is 1. The molecule has 1 amide bonds. The highest BCUT2D eigenvalue weighted by Crippen LogP contribution is 2.31. The Kier molecular flexibility index (Phi) is 4.13. The molecule has 0 saturated carbocycles. The predicted octanol–water partition coefficient (Wildman–Crippen LogP) is 3.28. The fourth-order valence-corrected chi connectivity index (χ4v) is 3.65. The lowest BCUT2D eigenvalue weighted by atomic mass is 9.99. The van der Waals surface area contributed by atoms with Gasteiger partial charge in [-0.1, -0.05) is 6.07 Å². The van der Waals surface area contributed by atoms with Crippen LogP contribution in [0.2, 0.25) is 0 Å². The minimum absolute atomic E-state index is 0.112. The van der Waals surface area contributed by atoms with E-state index in [0.29, 0.717) is 28.0 Å². The Morgan fingerprint density at radius 1 is 1.00 bits per heavy atom. The highest BCUT2D eigenvalue weighted by molar-refractivity contribution is 5.99. The fourth-order valence-electron chi connectivity index (χ4n) is 3.65. The number of nitrogens with one attached hydrogen (secondary N) is 1. The van der Waals surface area contributed by atoms with Gasteiger partial charge in [0.05, 0.1) is 24.7 Å². The van der Waals surface area contributed by atoms with Gasteiger partial charge in [-0.2, -0.15) is 0 Å². The Morgan fingerprint density at radius 3 is 2.60 bits per heavy atom. The van der Waals surface area contributed by atoms with E-state index in [1.54, 1.807) is 30.3 Å². The fraction of sp³-hybridized carbons (Fsp3) is 0.0909. The number of aromatic nitrogens is 3. The van der Waals surface area contributed by atoms with E-state index in [-0.39, 0.29) is 24.4 Å². The largest absolute Gasteiger partial charge is 0.326 e. The van der Waals surface area contributed by atoms with Crippen LogP contribution in [-0.4, -0.2) is 20.4 Å². The Balaban J connectivity index is 1.55. The van der Waals surface area contributed by atoms with Crippen LogP contribution in [0.25, 0.3) is 22.3 Å². The van der Waals surface area contributed by atoms with E-state index < -0.39 is 17.2 Å². The quantitative estimate of drug-likeness (QED) is 0.569. The minimum atomic E-state index is -0.763. The van der Waals surface area contributed by atoms with Gasteiger partial charge in [0.25, 0.3) is 5.56 Å². The summed E-state index contributed by atoms with van der Waals surface area (Å²) in [5.74, 6) is -1.64. The molecular formula is C22H14F2N4O2. The first-order valence-corrected chi connectivity index (χ1v) is 9.21. The number of nitrogens with zero attached hydrogens (tertiary/aromatic N) is 3. The number of amides is 1. The molecule has 2 aromatic carbocycles. The second kappa shape index (κ2) is 6.84. The van der Waals surface area contributed by atoms with Gasteiger partial charge in [0, 0.05) is 17.4 Å². The molecule has 1 N–H and O–H groups in total. The molecule has 0 atom stereocenters. The second-order valence-electron chi connectivity index (χ2n) is 7.04. The van der Waals surface area contributed by atoms with E-state index in [4.69, 9.17) is 0 Å². The molecule has 148 valence electrons. The van der Waals surface area contributed by atoms with E-state index >= 15 is 0 Å². The lowest BCUT2D eigenvalue weighted by Crippen LogP contribution is -2.22. The summed E-state index contributed by atoms with van der Waals surface area (Å²) in [4.78, 5) is 31.8. The molecule has 0 bridgehead atoms. The molecule has 6 nitrogen and oxygen atoms in total. The molecule has 3 heterocycles. The number of halogens is 2. The molecule has 5 rings (SSSR count). The van der Waals surface area contributed by atoms with Gasteiger partial charge >= 0.3 is 0 Å². The van der Waals surface area contributed by atoms with Crippen LogP contribution in [-0.2, 0) is 17.8 Å². The van der Waals surface area contributed by atoms with Gasteiger partial charge in [0.15, 0.2) is 5.65 Å². The third kappa shape index (κ3) is 3.02. The van der Waals surface area contributed by atoms with Crippen molar-refractivity contribution in [2.24, 2.45) is 0 Å². The highest BCUT2D eigenvalue weighted by Gasteiger charge is 2.19. The van der Waals surface area contributed by atoms with E-state index in [0.717, 1.165) is 11.8 Å². The topological polar surface area (TPSA) is 76.9 Å². The summed E-state index contributed by atoms with van der Waals surface area (Å²) in [5, 5.41) is 2.73. The zero-order valence-corrected chi connectivity index (χ0v) is 15.5. The zero-order valence-electron chi connectivity index (χ0n) is 15.5. The van der Waals surface area contributed by atoms with Crippen molar-refractivity contribution in [2.75, 3.05) is 5.32 Å². The molecule has 4 aromatic rings. The van der Waals surface area contributed by atoms with Gasteiger partial charge in [-0.25, -0.2) is 18.7 Å². The van der Waals surface area contributed by atoms with Crippen LogP contribution in [0.5, 0.6) is 0 Å². The van der Waals surface area contributed by atoms with E-state index in [1.165, 1.54) is 22.9 Å². The van der Waals surface area contributed by atoms with Crippen LogP contribution in [0.4, 0.5) is 14.5 Å². The van der Waals surface area contributed by atoms with Crippen LogP contribution >= 0.6 is 0 Å². The van der Waals surface area contributed by atoms with Crippen molar-refractivity contribution < 1.29 is 13.6 Å². The summed E-state index contributed by atoms with van der Waals surface area (Å²) in [6.07, 6.45) is 2.84. The first-order valence-electron chi connectivity index (χ1n) is 9.21. The number of carbonyl (C=O) groups is 1. The van der Waals surface area contributed by atoms with Crippen molar-refractivity contribution in [3.05, 3.63) is 88.0 Å². The summed E-state index contributed by atoms with van der Waals surface area (Å²) in [6.45, 7) is -0.288. The maximum atomic E-state index is 14.9. The van der Waals surface area contributed by atoms with Crippen LogP contribution in [0.15, 0.2) is 59.7 Å². The first kappa shape index (κ1) is 18.1. The van der Waals surface area contributed by atoms with E-state index in [2.05, 4.69) is 15.3 Å². The molecule has 0 fully saturated rings. The predicted molar refractivity (Wildman–Crippen MR) is 107 cm³/mol. The van der Waals surface area contributed by atoms with Crippen molar-refractivity contribution in [1.29, 1.82) is 0 Å². The molecule has 0 radical (unpaired) electrons. The summed E-state index contributed by atoms with van der Waals surface area (Å²) < 4.78 is 31.0. The smallest absolute Gasteiger partial charge is 0.269 e. The molecule has 0 saturated heterocycles. The number of carbonyl (C=O) groups excluding carboxylic acids is 1. The van der Waals surface area contributed by atoms with Crippen molar-refractivity contribution in [3.63, 3.8) is 0 Å². The van der Waals surface area contributed by atoms with Gasteiger partial charge in [0.1, 0.15) is 11.6 Å². The van der Waals surface area contributed by atoms with Gasteiger partial charge < -0.3 is 5.32 Å². The van der Waals surface area contributed by atoms with Crippen molar-refractivity contribution >= 4 is 22.8 Å². The molecule has 0 spiro atoms. The summed E-state index contributed by atoms with van der Waals surface area (Å²) >= 11 is 0. The Morgan fingerprint density at radius 2 is 1.80 bits per heavy atom. The van der Waals surface area contributed by atoms with E-state index in [9.17, 15) is 18.4 Å². The lowest BCUT2D eigenvalue weighted by Gasteiger charge is -2.12. The maximum Gasteiger partial charge on any atom is 0.269 e. The number of pyridine rings is 1. The molecule has 1 aliphatic heterocycles. The van der Waals surface area contributed by atoms with E-state index in [1.807, 2.05) is 0 Å². The van der Waals surface area contributed by atoms with Crippen molar-refractivity contribution in [1.82, 2.24) is 14.5 Å².